The second-order valence-corrected chi connectivity index (χ2v) is 8.49. The number of carbonyl (C=O) groups is 1. The van der Waals surface area contributed by atoms with Gasteiger partial charge < -0.3 is 5.32 Å². The molecule has 5 nitrogen and oxygen atoms in total. The van der Waals surface area contributed by atoms with Crippen LogP contribution in [0.1, 0.15) is 11.1 Å². The molecule has 1 aromatic heterocycles. The van der Waals surface area contributed by atoms with Crippen molar-refractivity contribution in [3.05, 3.63) is 70.9 Å². The van der Waals surface area contributed by atoms with E-state index in [0.717, 1.165) is 49.5 Å². The third-order valence-electron chi connectivity index (χ3n) is 5.23. The first-order chi connectivity index (χ1) is 14.5. The highest BCUT2D eigenvalue weighted by Crippen LogP contribution is 2.25. The number of aryl methyl sites for hydroxylation is 1. The second-order valence-electron chi connectivity index (χ2n) is 7.63. The minimum absolute atomic E-state index is 0.0432. The predicted octanol–water partition coefficient (Wildman–Crippen LogP) is 4.01. The molecule has 0 spiro atoms. The van der Waals surface area contributed by atoms with Crippen LogP contribution in [0, 0.1) is 12.7 Å². The summed E-state index contributed by atoms with van der Waals surface area (Å²) >= 11 is 1.44. The van der Waals surface area contributed by atoms with Gasteiger partial charge in [0.2, 0.25) is 5.91 Å². The number of hydrogen-bond acceptors (Lipinski definition) is 5. The van der Waals surface area contributed by atoms with Crippen LogP contribution >= 0.6 is 11.3 Å². The van der Waals surface area contributed by atoms with Gasteiger partial charge in [0.05, 0.1) is 12.2 Å². The summed E-state index contributed by atoms with van der Waals surface area (Å²) in [5.41, 5.74) is 4.11. The Hall–Kier alpha value is -2.61. The highest BCUT2D eigenvalue weighted by molar-refractivity contribution is 7.14. The van der Waals surface area contributed by atoms with E-state index in [4.69, 9.17) is 0 Å². The molecule has 4 rings (SSSR count). The third kappa shape index (κ3) is 5.50. The van der Waals surface area contributed by atoms with Crippen molar-refractivity contribution >= 4 is 22.4 Å². The largest absolute Gasteiger partial charge is 0.301 e. The SMILES string of the molecule is Cc1ccc(-c2csc(NC(=O)CN3CCN(Cc4cccc(F)c4)CC3)n2)cc1. The van der Waals surface area contributed by atoms with E-state index in [0.29, 0.717) is 11.7 Å². The van der Waals surface area contributed by atoms with Crippen LogP contribution in [0.2, 0.25) is 0 Å². The van der Waals surface area contributed by atoms with Gasteiger partial charge in [-0.1, -0.05) is 42.0 Å². The molecule has 0 atom stereocenters. The summed E-state index contributed by atoms with van der Waals surface area (Å²) in [7, 11) is 0. The molecule has 0 saturated carbocycles. The molecule has 0 radical (unpaired) electrons. The normalized spacial score (nSPS) is 15.3. The maximum absolute atomic E-state index is 13.3. The molecule has 30 heavy (non-hydrogen) atoms. The number of nitrogens with one attached hydrogen (secondary N) is 1. The molecule has 2 aromatic carbocycles. The highest BCUT2D eigenvalue weighted by Gasteiger charge is 2.19. The Kier molecular flexibility index (Phi) is 6.52. The van der Waals surface area contributed by atoms with Crippen LogP contribution in [-0.4, -0.2) is 53.4 Å². The maximum Gasteiger partial charge on any atom is 0.240 e. The van der Waals surface area contributed by atoms with Crippen molar-refractivity contribution in [1.29, 1.82) is 0 Å². The van der Waals surface area contributed by atoms with E-state index < -0.39 is 0 Å². The smallest absolute Gasteiger partial charge is 0.240 e. The summed E-state index contributed by atoms with van der Waals surface area (Å²) in [5, 5.41) is 5.51. The fraction of sp³-hybridized carbons (Fsp3) is 0.304. The maximum atomic E-state index is 13.3. The second kappa shape index (κ2) is 9.47. The minimum atomic E-state index is -0.199. The lowest BCUT2D eigenvalue weighted by molar-refractivity contribution is -0.117. The van der Waals surface area contributed by atoms with Gasteiger partial charge in [0.1, 0.15) is 5.82 Å². The van der Waals surface area contributed by atoms with Crippen molar-refractivity contribution in [3.8, 4) is 11.3 Å². The summed E-state index contributed by atoms with van der Waals surface area (Å²) in [6.07, 6.45) is 0. The van der Waals surface area contributed by atoms with Gasteiger partial charge in [0.25, 0.3) is 0 Å². The molecule has 3 aromatic rings. The number of anilines is 1. The first kappa shape index (κ1) is 20.7. The van der Waals surface area contributed by atoms with Gasteiger partial charge in [-0.2, -0.15) is 0 Å². The molecule has 1 saturated heterocycles. The van der Waals surface area contributed by atoms with Crippen molar-refractivity contribution in [2.45, 2.75) is 13.5 Å². The summed E-state index contributed by atoms with van der Waals surface area (Å²) in [5.74, 6) is -0.242. The molecule has 0 unspecified atom stereocenters. The molecular weight excluding hydrogens is 399 g/mol. The van der Waals surface area contributed by atoms with E-state index in [-0.39, 0.29) is 11.7 Å². The van der Waals surface area contributed by atoms with Gasteiger partial charge in [-0.05, 0) is 24.6 Å². The number of amides is 1. The Morgan fingerprint density at radius 3 is 2.57 bits per heavy atom. The Balaban J connectivity index is 1.24. The zero-order valence-corrected chi connectivity index (χ0v) is 17.8. The van der Waals surface area contributed by atoms with E-state index >= 15 is 0 Å². The van der Waals surface area contributed by atoms with Gasteiger partial charge in [-0.15, -0.1) is 11.3 Å². The lowest BCUT2D eigenvalue weighted by atomic mass is 10.1. The van der Waals surface area contributed by atoms with Gasteiger partial charge in [-0.25, -0.2) is 9.37 Å². The molecule has 1 fully saturated rings. The first-order valence-electron chi connectivity index (χ1n) is 10.1. The fourth-order valence-electron chi connectivity index (χ4n) is 3.55. The van der Waals surface area contributed by atoms with Crippen LogP contribution in [0.3, 0.4) is 0 Å². The zero-order valence-electron chi connectivity index (χ0n) is 17.0. The number of halogens is 1. The van der Waals surface area contributed by atoms with E-state index in [1.165, 1.54) is 23.0 Å². The van der Waals surface area contributed by atoms with E-state index in [2.05, 4.69) is 39.2 Å². The van der Waals surface area contributed by atoms with Crippen LogP contribution in [0.5, 0.6) is 0 Å². The average Bonchev–Trinajstić information content (AvgIpc) is 3.18. The van der Waals surface area contributed by atoms with Crippen molar-refractivity contribution in [3.63, 3.8) is 0 Å². The number of piperazine rings is 1. The summed E-state index contributed by atoms with van der Waals surface area (Å²) in [4.78, 5) is 21.4. The van der Waals surface area contributed by atoms with E-state index in [1.807, 2.05) is 23.6 Å². The molecule has 0 aliphatic carbocycles. The van der Waals surface area contributed by atoms with Crippen LogP contribution in [0.15, 0.2) is 53.9 Å². The number of nitrogens with zero attached hydrogens (tertiary/aromatic N) is 3. The minimum Gasteiger partial charge on any atom is -0.301 e. The molecule has 1 amide bonds. The Bertz CT molecular complexity index is 996. The van der Waals surface area contributed by atoms with Gasteiger partial charge in [0.15, 0.2) is 5.13 Å². The fourth-order valence-corrected chi connectivity index (χ4v) is 4.28. The van der Waals surface area contributed by atoms with Crippen LogP contribution in [-0.2, 0) is 11.3 Å². The summed E-state index contributed by atoms with van der Waals surface area (Å²) in [6, 6.07) is 14.9. The number of hydrogen-bond donors (Lipinski definition) is 1. The lowest BCUT2D eigenvalue weighted by Gasteiger charge is -2.34. The lowest BCUT2D eigenvalue weighted by Crippen LogP contribution is -2.48. The van der Waals surface area contributed by atoms with E-state index in [9.17, 15) is 9.18 Å². The molecule has 1 N–H and O–H groups in total. The van der Waals surface area contributed by atoms with Crippen molar-refractivity contribution in [2.24, 2.45) is 0 Å². The number of rotatable bonds is 6. The molecule has 1 aliphatic rings. The Morgan fingerprint density at radius 2 is 1.83 bits per heavy atom. The average molecular weight is 425 g/mol. The molecule has 0 bridgehead atoms. The predicted molar refractivity (Wildman–Crippen MR) is 119 cm³/mol. The van der Waals surface area contributed by atoms with Gasteiger partial charge in [0, 0.05) is 43.7 Å². The Morgan fingerprint density at radius 1 is 1.10 bits per heavy atom. The standard InChI is InChI=1S/C23H25FN4OS/c1-17-5-7-19(8-6-17)21-16-30-23(25-21)26-22(29)15-28-11-9-27(10-12-28)14-18-3-2-4-20(24)13-18/h2-8,13,16H,9-12,14-15H2,1H3,(H,25,26,29). The number of aromatic nitrogens is 1. The highest BCUT2D eigenvalue weighted by atomic mass is 32.1. The first-order valence-corrected chi connectivity index (χ1v) is 10.9. The monoisotopic (exact) mass is 424 g/mol. The van der Waals surface area contributed by atoms with Crippen molar-refractivity contribution < 1.29 is 9.18 Å². The summed E-state index contributed by atoms with van der Waals surface area (Å²) < 4.78 is 13.3. The Labute approximate surface area is 180 Å². The van der Waals surface area contributed by atoms with E-state index in [1.54, 1.807) is 12.1 Å². The molecular formula is C23H25FN4OS. The van der Waals surface area contributed by atoms with Crippen molar-refractivity contribution in [1.82, 2.24) is 14.8 Å². The third-order valence-corrected chi connectivity index (χ3v) is 5.98. The number of thiazole rings is 1. The number of carbonyl (C=O) groups excluding carboxylic acids is 1. The quantitative estimate of drug-likeness (QED) is 0.650. The number of benzene rings is 2. The van der Waals surface area contributed by atoms with Gasteiger partial charge >= 0.3 is 0 Å². The zero-order chi connectivity index (χ0) is 20.9. The summed E-state index contributed by atoms with van der Waals surface area (Å²) in [6.45, 7) is 6.49. The topological polar surface area (TPSA) is 48.5 Å². The van der Waals surface area contributed by atoms with Crippen LogP contribution in [0.4, 0.5) is 9.52 Å². The molecule has 7 heteroatoms. The molecule has 2 heterocycles. The van der Waals surface area contributed by atoms with Crippen molar-refractivity contribution in [2.75, 3.05) is 38.0 Å². The van der Waals surface area contributed by atoms with Gasteiger partial charge in [-0.3, -0.25) is 14.6 Å². The van der Waals surface area contributed by atoms with Crippen LogP contribution in [0.25, 0.3) is 11.3 Å². The molecule has 1 aliphatic heterocycles. The molecule has 156 valence electrons. The van der Waals surface area contributed by atoms with Crippen LogP contribution < -0.4 is 5.32 Å².